The number of hydrogen-bond donors (Lipinski definition) is 2. The Kier molecular flexibility index (Phi) is 6.83. The number of nitrogens with one attached hydrogen (secondary N) is 1. The van der Waals surface area contributed by atoms with Crippen molar-refractivity contribution < 1.29 is 4.79 Å². The van der Waals surface area contributed by atoms with Gasteiger partial charge in [0.05, 0.1) is 0 Å². The molecule has 0 bridgehead atoms. The van der Waals surface area contributed by atoms with Gasteiger partial charge in [0.25, 0.3) is 0 Å². The van der Waals surface area contributed by atoms with Gasteiger partial charge in [-0.1, -0.05) is 72.2 Å². The van der Waals surface area contributed by atoms with Gasteiger partial charge in [-0.25, -0.2) is 0 Å². The maximum atomic E-state index is 12.9. The summed E-state index contributed by atoms with van der Waals surface area (Å²) in [5.41, 5.74) is 7.68. The molecule has 0 fully saturated rings. The zero-order chi connectivity index (χ0) is 20.1. The number of rotatable bonds is 7. The maximum absolute atomic E-state index is 12.9. The van der Waals surface area contributed by atoms with Gasteiger partial charge in [-0.3, -0.25) is 9.36 Å². The number of benzene rings is 2. The summed E-state index contributed by atoms with van der Waals surface area (Å²) in [6, 6.07) is 14.3. The van der Waals surface area contributed by atoms with Gasteiger partial charge >= 0.3 is 0 Å². The third kappa shape index (κ3) is 4.98. The molecule has 0 radical (unpaired) electrons. The molecule has 1 heterocycles. The number of nitrogen functional groups attached to an aromatic ring is 1. The summed E-state index contributed by atoms with van der Waals surface area (Å²) in [6.45, 7) is 1.90. The highest BCUT2D eigenvalue weighted by Crippen LogP contribution is 2.29. The first-order chi connectivity index (χ1) is 13.5. The molecule has 3 rings (SSSR count). The average Bonchev–Trinajstić information content (AvgIpc) is 3.01. The summed E-state index contributed by atoms with van der Waals surface area (Å²) in [5.74, 6) is 0.650. The second kappa shape index (κ2) is 9.32. The van der Waals surface area contributed by atoms with Crippen LogP contribution in [0.5, 0.6) is 0 Å². The maximum Gasteiger partial charge on any atom is 0.247 e. The van der Waals surface area contributed by atoms with Crippen LogP contribution in [0.2, 0.25) is 10.0 Å². The van der Waals surface area contributed by atoms with E-state index in [-0.39, 0.29) is 11.9 Å². The lowest BCUT2D eigenvalue weighted by atomic mass is 10.2. The number of carbonyl (C=O) groups is 1. The van der Waals surface area contributed by atoms with Crippen molar-refractivity contribution in [1.82, 2.24) is 14.8 Å². The van der Waals surface area contributed by atoms with Gasteiger partial charge in [-0.05, 0) is 30.2 Å². The van der Waals surface area contributed by atoms with Crippen LogP contribution in [0, 0.1) is 0 Å². The molecule has 28 heavy (non-hydrogen) atoms. The molecule has 1 aromatic heterocycles. The number of aromatic nitrogens is 3. The molecule has 0 aliphatic rings. The van der Waals surface area contributed by atoms with E-state index in [1.54, 1.807) is 22.8 Å². The van der Waals surface area contributed by atoms with Gasteiger partial charge in [-0.15, -0.1) is 10.2 Å². The highest BCUT2D eigenvalue weighted by molar-refractivity contribution is 7.98. The average molecular weight is 436 g/mol. The Labute approximate surface area is 177 Å². The second-order valence-electron chi connectivity index (χ2n) is 6.06. The van der Waals surface area contributed by atoms with Gasteiger partial charge in [0.2, 0.25) is 11.9 Å². The molecule has 1 unspecified atom stereocenters. The molecule has 146 valence electrons. The van der Waals surface area contributed by atoms with Crippen molar-refractivity contribution in [2.24, 2.45) is 0 Å². The standard InChI is InChI=1S/C19H19Cl2N5OS/c1-2-16(17(27)23-15-9-13(20)8-14(21)10-15)26-18(22)24-25-19(26)28-11-12-6-4-3-5-7-12/h3-10,16H,2,11H2,1H3,(H2,22,24)(H,23,27). The van der Waals surface area contributed by atoms with Crippen molar-refractivity contribution >= 4 is 52.5 Å². The van der Waals surface area contributed by atoms with E-state index >= 15 is 0 Å². The van der Waals surface area contributed by atoms with E-state index in [0.717, 1.165) is 5.56 Å². The van der Waals surface area contributed by atoms with E-state index in [9.17, 15) is 4.79 Å². The molecule has 0 aliphatic carbocycles. The first-order valence-corrected chi connectivity index (χ1v) is 10.4. The third-order valence-electron chi connectivity index (χ3n) is 4.03. The molecule has 3 N–H and O–H groups in total. The van der Waals surface area contributed by atoms with Crippen molar-refractivity contribution in [3.05, 3.63) is 64.1 Å². The zero-order valence-corrected chi connectivity index (χ0v) is 17.4. The van der Waals surface area contributed by atoms with Crippen LogP contribution >= 0.6 is 35.0 Å². The lowest BCUT2D eigenvalue weighted by molar-refractivity contribution is -0.119. The number of hydrogen-bond acceptors (Lipinski definition) is 5. The Hall–Kier alpha value is -2.22. The lowest BCUT2D eigenvalue weighted by Gasteiger charge is -2.19. The molecular weight excluding hydrogens is 417 g/mol. The molecule has 1 atom stereocenters. The normalized spacial score (nSPS) is 12.0. The van der Waals surface area contributed by atoms with E-state index in [1.807, 2.05) is 37.3 Å². The largest absolute Gasteiger partial charge is 0.368 e. The fraction of sp³-hybridized carbons (Fsp3) is 0.211. The molecular formula is C19H19Cl2N5OS. The number of nitrogens with two attached hydrogens (primary N) is 1. The van der Waals surface area contributed by atoms with Crippen molar-refractivity contribution in [3.8, 4) is 0 Å². The van der Waals surface area contributed by atoms with Crippen molar-refractivity contribution in [1.29, 1.82) is 0 Å². The van der Waals surface area contributed by atoms with E-state index in [1.165, 1.54) is 11.8 Å². The monoisotopic (exact) mass is 435 g/mol. The Morgan fingerprint density at radius 2 is 1.86 bits per heavy atom. The predicted octanol–water partition coefficient (Wildman–Crippen LogP) is 5.05. The van der Waals surface area contributed by atoms with Crippen LogP contribution in [0.3, 0.4) is 0 Å². The summed E-state index contributed by atoms with van der Waals surface area (Å²) in [4.78, 5) is 12.9. The Morgan fingerprint density at radius 1 is 1.18 bits per heavy atom. The van der Waals surface area contributed by atoms with Crippen molar-refractivity contribution in [3.63, 3.8) is 0 Å². The molecule has 2 aromatic carbocycles. The number of halogens is 2. The van der Waals surface area contributed by atoms with Crippen LogP contribution in [-0.2, 0) is 10.5 Å². The number of carbonyl (C=O) groups excluding carboxylic acids is 1. The van der Waals surface area contributed by atoms with Crippen LogP contribution in [0.4, 0.5) is 11.6 Å². The fourth-order valence-electron chi connectivity index (χ4n) is 2.74. The number of amides is 1. The molecule has 9 heteroatoms. The fourth-order valence-corrected chi connectivity index (χ4v) is 4.21. The quantitative estimate of drug-likeness (QED) is 0.507. The molecule has 3 aromatic rings. The SMILES string of the molecule is CCC(C(=O)Nc1cc(Cl)cc(Cl)c1)n1c(N)nnc1SCc1ccccc1. The van der Waals surface area contributed by atoms with E-state index in [4.69, 9.17) is 28.9 Å². The van der Waals surface area contributed by atoms with Crippen molar-refractivity contribution in [2.75, 3.05) is 11.1 Å². The van der Waals surface area contributed by atoms with Crippen LogP contribution in [0.25, 0.3) is 0 Å². The first kappa shape index (κ1) is 20.5. The van der Waals surface area contributed by atoms with Crippen LogP contribution in [-0.4, -0.2) is 20.7 Å². The lowest BCUT2D eigenvalue weighted by Crippen LogP contribution is -2.27. The van der Waals surface area contributed by atoms with Crippen LogP contribution in [0.1, 0.15) is 24.9 Å². The Bertz CT molecular complexity index is 944. The second-order valence-corrected chi connectivity index (χ2v) is 7.87. The van der Waals surface area contributed by atoms with Gasteiger partial charge in [-0.2, -0.15) is 0 Å². The first-order valence-electron chi connectivity index (χ1n) is 8.62. The van der Waals surface area contributed by atoms with Crippen LogP contribution in [0.15, 0.2) is 53.7 Å². The summed E-state index contributed by atoms with van der Waals surface area (Å²) in [5, 5.41) is 12.4. The summed E-state index contributed by atoms with van der Waals surface area (Å²) < 4.78 is 1.66. The minimum Gasteiger partial charge on any atom is -0.368 e. The summed E-state index contributed by atoms with van der Waals surface area (Å²) in [6.07, 6.45) is 0.515. The highest BCUT2D eigenvalue weighted by atomic mass is 35.5. The van der Waals surface area contributed by atoms with E-state index in [2.05, 4.69) is 15.5 Å². The smallest absolute Gasteiger partial charge is 0.247 e. The van der Waals surface area contributed by atoms with Crippen LogP contribution < -0.4 is 11.1 Å². The Balaban J connectivity index is 1.79. The predicted molar refractivity (Wildman–Crippen MR) is 115 cm³/mol. The Morgan fingerprint density at radius 3 is 2.50 bits per heavy atom. The van der Waals surface area contributed by atoms with Gasteiger partial charge in [0.15, 0.2) is 5.16 Å². The topological polar surface area (TPSA) is 85.8 Å². The minimum atomic E-state index is -0.564. The third-order valence-corrected chi connectivity index (χ3v) is 5.48. The van der Waals surface area contributed by atoms with Gasteiger partial charge in [0.1, 0.15) is 6.04 Å². The molecule has 0 aliphatic heterocycles. The highest BCUT2D eigenvalue weighted by Gasteiger charge is 2.25. The number of anilines is 2. The van der Waals surface area contributed by atoms with Crippen molar-refractivity contribution in [2.45, 2.75) is 30.3 Å². The number of nitrogens with zero attached hydrogens (tertiary/aromatic N) is 3. The summed E-state index contributed by atoms with van der Waals surface area (Å²) in [7, 11) is 0. The molecule has 0 spiro atoms. The molecule has 0 saturated carbocycles. The molecule has 0 saturated heterocycles. The minimum absolute atomic E-state index is 0.196. The zero-order valence-electron chi connectivity index (χ0n) is 15.1. The van der Waals surface area contributed by atoms with Gasteiger partial charge in [0, 0.05) is 21.5 Å². The van der Waals surface area contributed by atoms with E-state index < -0.39 is 6.04 Å². The molecule has 1 amide bonds. The van der Waals surface area contributed by atoms with Gasteiger partial charge < -0.3 is 11.1 Å². The summed E-state index contributed by atoms with van der Waals surface area (Å²) >= 11 is 13.5. The molecule has 6 nitrogen and oxygen atoms in total. The number of thioether (sulfide) groups is 1. The van der Waals surface area contributed by atoms with E-state index in [0.29, 0.717) is 33.1 Å².